The molecule has 20 heavy (non-hydrogen) atoms. The summed E-state index contributed by atoms with van der Waals surface area (Å²) in [5, 5.41) is 0. The van der Waals surface area contributed by atoms with E-state index in [-0.39, 0.29) is 12.0 Å². The quantitative estimate of drug-likeness (QED) is 0.893. The number of hydrogen-bond acceptors (Lipinski definition) is 3. The van der Waals surface area contributed by atoms with Crippen molar-refractivity contribution >= 4 is 10.0 Å². The summed E-state index contributed by atoms with van der Waals surface area (Å²) in [4.78, 5) is 0.377. The number of hydrogen-bond donors (Lipinski definition) is 2. The van der Waals surface area contributed by atoms with Crippen molar-refractivity contribution in [3.05, 3.63) is 29.3 Å². The summed E-state index contributed by atoms with van der Waals surface area (Å²) in [6, 6.07) is 5.60. The number of benzene rings is 1. The van der Waals surface area contributed by atoms with Crippen molar-refractivity contribution in [1.29, 1.82) is 0 Å². The lowest BCUT2D eigenvalue weighted by Crippen LogP contribution is -2.41. The van der Waals surface area contributed by atoms with Crippen molar-refractivity contribution in [2.75, 3.05) is 6.54 Å². The zero-order valence-corrected chi connectivity index (χ0v) is 13.0. The van der Waals surface area contributed by atoms with Gasteiger partial charge in [-0.2, -0.15) is 0 Å². The van der Waals surface area contributed by atoms with Gasteiger partial charge in [0.1, 0.15) is 0 Å². The van der Waals surface area contributed by atoms with Gasteiger partial charge in [0.05, 0.1) is 4.90 Å². The van der Waals surface area contributed by atoms with Crippen molar-refractivity contribution in [1.82, 2.24) is 4.72 Å². The maximum absolute atomic E-state index is 12.4. The molecule has 1 aliphatic carbocycles. The van der Waals surface area contributed by atoms with E-state index in [4.69, 9.17) is 5.73 Å². The van der Waals surface area contributed by atoms with Crippen LogP contribution in [0.5, 0.6) is 0 Å². The fourth-order valence-corrected chi connectivity index (χ4v) is 4.20. The van der Waals surface area contributed by atoms with Crippen LogP contribution in [0.1, 0.15) is 36.8 Å². The van der Waals surface area contributed by atoms with Gasteiger partial charge in [0.2, 0.25) is 10.0 Å². The topological polar surface area (TPSA) is 72.2 Å². The van der Waals surface area contributed by atoms with Gasteiger partial charge in [0.15, 0.2) is 0 Å². The lowest BCUT2D eigenvalue weighted by molar-refractivity contribution is 0.308. The van der Waals surface area contributed by atoms with Crippen LogP contribution in [0, 0.1) is 19.8 Å². The summed E-state index contributed by atoms with van der Waals surface area (Å²) in [6.45, 7) is 4.16. The van der Waals surface area contributed by atoms with Gasteiger partial charge in [0.25, 0.3) is 0 Å². The fraction of sp³-hybridized carbons (Fsp3) is 0.600. The van der Waals surface area contributed by atoms with Crippen molar-refractivity contribution in [3.63, 3.8) is 0 Å². The molecule has 112 valence electrons. The second-order valence-corrected chi connectivity index (χ2v) is 7.56. The van der Waals surface area contributed by atoms with Crippen molar-refractivity contribution in [3.8, 4) is 0 Å². The molecule has 0 bridgehead atoms. The smallest absolute Gasteiger partial charge is 0.240 e. The minimum atomic E-state index is -3.44. The summed E-state index contributed by atoms with van der Waals surface area (Å²) in [7, 11) is -3.44. The summed E-state index contributed by atoms with van der Waals surface area (Å²) in [5.41, 5.74) is 7.79. The Kier molecular flexibility index (Phi) is 4.83. The molecule has 2 rings (SSSR count). The van der Waals surface area contributed by atoms with Crippen LogP contribution in [0.4, 0.5) is 0 Å². The monoisotopic (exact) mass is 296 g/mol. The Balaban J connectivity index is 2.09. The molecule has 4 nitrogen and oxygen atoms in total. The van der Waals surface area contributed by atoms with Crippen LogP contribution < -0.4 is 10.5 Å². The van der Waals surface area contributed by atoms with Gasteiger partial charge in [-0.1, -0.05) is 25.0 Å². The molecule has 0 radical (unpaired) electrons. The van der Waals surface area contributed by atoms with Crippen molar-refractivity contribution in [2.24, 2.45) is 11.7 Å². The summed E-state index contributed by atoms with van der Waals surface area (Å²) in [5.74, 6) is 0.253. The van der Waals surface area contributed by atoms with Gasteiger partial charge in [-0.25, -0.2) is 13.1 Å². The van der Waals surface area contributed by atoms with Crippen LogP contribution >= 0.6 is 0 Å². The third kappa shape index (κ3) is 3.59. The molecule has 5 heteroatoms. The Bertz CT molecular complexity index is 569. The first-order valence-corrected chi connectivity index (χ1v) is 8.71. The lowest BCUT2D eigenvalue weighted by Gasteiger charge is -2.28. The van der Waals surface area contributed by atoms with E-state index in [0.717, 1.165) is 36.8 Å². The zero-order chi connectivity index (χ0) is 14.8. The van der Waals surface area contributed by atoms with Crippen molar-refractivity contribution < 1.29 is 8.42 Å². The van der Waals surface area contributed by atoms with E-state index in [2.05, 4.69) is 4.72 Å². The number of nitrogens with one attached hydrogen (secondary N) is 1. The van der Waals surface area contributed by atoms with Crippen LogP contribution in [0.15, 0.2) is 23.1 Å². The zero-order valence-electron chi connectivity index (χ0n) is 12.2. The first-order chi connectivity index (χ1) is 9.40. The predicted molar refractivity (Wildman–Crippen MR) is 81.0 cm³/mol. The second kappa shape index (κ2) is 6.24. The molecule has 0 amide bonds. The van der Waals surface area contributed by atoms with Gasteiger partial charge in [-0.05, 0) is 49.8 Å². The van der Waals surface area contributed by atoms with Crippen LogP contribution in [0.2, 0.25) is 0 Å². The molecule has 2 atom stereocenters. The highest BCUT2D eigenvalue weighted by molar-refractivity contribution is 7.89. The van der Waals surface area contributed by atoms with Crippen LogP contribution in [0.25, 0.3) is 0 Å². The van der Waals surface area contributed by atoms with Gasteiger partial charge in [-0.15, -0.1) is 0 Å². The number of sulfonamides is 1. The Morgan fingerprint density at radius 2 is 1.95 bits per heavy atom. The summed E-state index contributed by atoms with van der Waals surface area (Å²) >= 11 is 0. The van der Waals surface area contributed by atoms with E-state index in [1.165, 1.54) is 0 Å². The van der Waals surface area contributed by atoms with E-state index in [1.54, 1.807) is 6.07 Å². The second-order valence-electron chi connectivity index (χ2n) is 5.83. The van der Waals surface area contributed by atoms with Gasteiger partial charge < -0.3 is 5.73 Å². The molecular weight excluding hydrogens is 272 g/mol. The Labute approximate surface area is 121 Å². The Morgan fingerprint density at radius 3 is 2.65 bits per heavy atom. The number of nitrogens with two attached hydrogens (primary N) is 1. The molecule has 1 aromatic rings. The number of aryl methyl sites for hydroxylation is 2. The number of rotatable bonds is 4. The molecule has 0 heterocycles. The van der Waals surface area contributed by atoms with Gasteiger partial charge in [0, 0.05) is 12.6 Å². The first-order valence-electron chi connectivity index (χ1n) is 7.22. The average Bonchev–Trinajstić information content (AvgIpc) is 2.40. The van der Waals surface area contributed by atoms with Crippen molar-refractivity contribution in [2.45, 2.75) is 50.5 Å². The highest BCUT2D eigenvalue weighted by Gasteiger charge is 2.24. The lowest BCUT2D eigenvalue weighted by atomic mass is 9.85. The van der Waals surface area contributed by atoms with E-state index < -0.39 is 10.0 Å². The normalized spacial score (nSPS) is 23.8. The fourth-order valence-electron chi connectivity index (χ4n) is 2.78. The Morgan fingerprint density at radius 1 is 1.25 bits per heavy atom. The molecule has 1 saturated carbocycles. The maximum Gasteiger partial charge on any atom is 0.240 e. The molecule has 1 aromatic carbocycles. The highest BCUT2D eigenvalue weighted by Crippen LogP contribution is 2.23. The highest BCUT2D eigenvalue weighted by atomic mass is 32.2. The largest absolute Gasteiger partial charge is 0.327 e. The molecule has 1 aliphatic rings. The van der Waals surface area contributed by atoms with E-state index in [9.17, 15) is 8.42 Å². The molecule has 2 unspecified atom stereocenters. The molecule has 0 aromatic heterocycles. The minimum Gasteiger partial charge on any atom is -0.327 e. The molecule has 1 fully saturated rings. The van der Waals surface area contributed by atoms with Gasteiger partial charge in [-0.3, -0.25) is 0 Å². The maximum atomic E-state index is 12.4. The third-order valence-electron chi connectivity index (χ3n) is 4.14. The molecular formula is C15H24N2O2S. The van der Waals surface area contributed by atoms with E-state index in [1.807, 2.05) is 26.0 Å². The first kappa shape index (κ1) is 15.5. The third-order valence-corrected chi connectivity index (χ3v) is 5.70. The summed E-state index contributed by atoms with van der Waals surface area (Å²) in [6.07, 6.45) is 4.30. The van der Waals surface area contributed by atoms with Crippen LogP contribution in [-0.2, 0) is 10.0 Å². The predicted octanol–water partition coefficient (Wildman–Crippen LogP) is 2.10. The van der Waals surface area contributed by atoms with Crippen LogP contribution in [-0.4, -0.2) is 21.0 Å². The van der Waals surface area contributed by atoms with Crippen LogP contribution in [0.3, 0.4) is 0 Å². The van der Waals surface area contributed by atoms with Gasteiger partial charge >= 0.3 is 0 Å². The molecule has 0 spiro atoms. The Hall–Kier alpha value is -0.910. The molecule has 0 saturated heterocycles. The molecule has 3 N–H and O–H groups in total. The van der Waals surface area contributed by atoms with E-state index >= 15 is 0 Å². The SMILES string of the molecule is Cc1ccc(C)c(S(=O)(=O)NCC2CCCCC2N)c1. The molecule has 0 aliphatic heterocycles. The van der Waals surface area contributed by atoms with E-state index in [0.29, 0.717) is 11.4 Å². The minimum absolute atomic E-state index is 0.116. The standard InChI is InChI=1S/C15H24N2O2S/c1-11-7-8-12(2)15(9-11)20(18,19)17-10-13-5-3-4-6-14(13)16/h7-9,13-14,17H,3-6,10,16H2,1-2H3. The summed E-state index contributed by atoms with van der Waals surface area (Å²) < 4.78 is 27.5. The average molecular weight is 296 g/mol.